The zero-order chi connectivity index (χ0) is 12.3. The van der Waals surface area contributed by atoms with Gasteiger partial charge >= 0.3 is 0 Å². The van der Waals surface area contributed by atoms with Gasteiger partial charge in [0, 0.05) is 5.92 Å². The lowest BCUT2D eigenvalue weighted by atomic mass is 10.0. The maximum atomic E-state index is 12.2. The lowest BCUT2D eigenvalue weighted by Crippen LogP contribution is -2.19. The molecule has 94 valence electrons. The second-order valence-corrected chi connectivity index (χ2v) is 5.98. The fourth-order valence-electron chi connectivity index (χ4n) is 4.36. The summed E-state index contributed by atoms with van der Waals surface area (Å²) in [6, 6.07) is 3.53. The zero-order valence-electron chi connectivity index (χ0n) is 10.2. The van der Waals surface area contributed by atoms with Gasteiger partial charge in [-0.25, -0.2) is 4.98 Å². The number of carbonyl (C=O) groups is 1. The van der Waals surface area contributed by atoms with E-state index in [9.17, 15) is 4.79 Å². The van der Waals surface area contributed by atoms with Gasteiger partial charge in [-0.3, -0.25) is 4.79 Å². The van der Waals surface area contributed by atoms with Crippen molar-refractivity contribution >= 4 is 17.4 Å². The first-order valence-electron chi connectivity index (χ1n) is 6.76. The van der Waals surface area contributed by atoms with Crippen LogP contribution in [0.2, 0.25) is 0 Å². The van der Waals surface area contributed by atoms with Gasteiger partial charge in [0.25, 0.3) is 0 Å². The monoisotopic (exact) mass is 243 g/mol. The number of hydrogen-bond donors (Lipinski definition) is 2. The molecule has 1 heterocycles. The molecule has 0 spiro atoms. The van der Waals surface area contributed by atoms with E-state index in [0.29, 0.717) is 23.3 Å². The zero-order valence-corrected chi connectivity index (χ0v) is 10.2. The number of fused-ring (bicyclic) bond motifs is 5. The summed E-state index contributed by atoms with van der Waals surface area (Å²) >= 11 is 0. The van der Waals surface area contributed by atoms with Gasteiger partial charge in [-0.1, -0.05) is 0 Å². The maximum Gasteiger partial charge on any atom is 0.229 e. The quantitative estimate of drug-likeness (QED) is 0.833. The molecule has 4 nitrogen and oxygen atoms in total. The molecule has 1 aromatic rings. The van der Waals surface area contributed by atoms with Crippen LogP contribution in [0.5, 0.6) is 0 Å². The van der Waals surface area contributed by atoms with Gasteiger partial charge in [-0.05, 0) is 55.1 Å². The fraction of sp³-hybridized carbons (Fsp3) is 0.571. The molecule has 4 heteroatoms. The molecule has 0 aromatic carbocycles. The van der Waals surface area contributed by atoms with Crippen molar-refractivity contribution in [1.82, 2.24) is 4.98 Å². The van der Waals surface area contributed by atoms with Crippen LogP contribution in [0.25, 0.3) is 0 Å². The van der Waals surface area contributed by atoms with Gasteiger partial charge in [0.05, 0.1) is 11.9 Å². The highest BCUT2D eigenvalue weighted by atomic mass is 16.2. The summed E-state index contributed by atoms with van der Waals surface area (Å²) in [5.74, 6) is 4.06. The third-order valence-electron chi connectivity index (χ3n) is 5.08. The van der Waals surface area contributed by atoms with Gasteiger partial charge in [-0.2, -0.15) is 0 Å². The molecule has 18 heavy (non-hydrogen) atoms. The molecular formula is C14H17N3O. The Hall–Kier alpha value is -1.58. The van der Waals surface area contributed by atoms with Gasteiger partial charge in [0.2, 0.25) is 5.91 Å². The maximum absolute atomic E-state index is 12.2. The lowest BCUT2D eigenvalue weighted by molar-refractivity contribution is -0.118. The molecule has 4 rings (SSSR count). The summed E-state index contributed by atoms with van der Waals surface area (Å²) in [5.41, 5.74) is 6.19. The van der Waals surface area contributed by atoms with E-state index in [0.717, 1.165) is 11.8 Å². The van der Waals surface area contributed by atoms with E-state index in [1.165, 1.54) is 19.3 Å². The minimum atomic E-state index is 0.166. The third kappa shape index (κ3) is 1.38. The summed E-state index contributed by atoms with van der Waals surface area (Å²) in [4.78, 5) is 16.3. The van der Waals surface area contributed by atoms with Gasteiger partial charge < -0.3 is 11.1 Å². The summed E-state index contributed by atoms with van der Waals surface area (Å²) in [7, 11) is 0. The van der Waals surface area contributed by atoms with E-state index in [1.54, 1.807) is 18.3 Å². The van der Waals surface area contributed by atoms with E-state index >= 15 is 0 Å². The number of carbonyl (C=O) groups excluding carboxylic acids is 1. The van der Waals surface area contributed by atoms with Gasteiger partial charge in [0.15, 0.2) is 0 Å². The fourth-order valence-corrected chi connectivity index (χ4v) is 4.36. The van der Waals surface area contributed by atoms with E-state index in [1.807, 2.05) is 0 Å². The molecule has 3 N–H and O–H groups in total. The summed E-state index contributed by atoms with van der Waals surface area (Å²) < 4.78 is 0. The smallest absolute Gasteiger partial charge is 0.229 e. The van der Waals surface area contributed by atoms with Crippen LogP contribution in [-0.2, 0) is 4.79 Å². The number of aromatic nitrogens is 1. The number of nitrogen functional groups attached to an aromatic ring is 1. The topological polar surface area (TPSA) is 68.0 Å². The summed E-state index contributed by atoms with van der Waals surface area (Å²) in [6.07, 6.45) is 5.64. The third-order valence-corrected chi connectivity index (χ3v) is 5.08. The van der Waals surface area contributed by atoms with Crippen LogP contribution in [0.1, 0.15) is 19.3 Å². The Bertz CT molecular complexity index is 482. The highest BCUT2D eigenvalue weighted by molar-refractivity contribution is 5.94. The molecule has 3 saturated carbocycles. The number of pyridine rings is 1. The number of anilines is 2. The molecule has 4 atom stereocenters. The predicted octanol–water partition coefficient (Wildman–Crippen LogP) is 1.89. The Labute approximate surface area is 106 Å². The Balaban J connectivity index is 1.45. The lowest BCUT2D eigenvalue weighted by Gasteiger charge is -2.09. The van der Waals surface area contributed by atoms with Crippen molar-refractivity contribution in [2.75, 3.05) is 11.1 Å². The van der Waals surface area contributed by atoms with E-state index in [4.69, 9.17) is 5.73 Å². The van der Waals surface area contributed by atoms with Gasteiger partial charge in [-0.15, -0.1) is 0 Å². The summed E-state index contributed by atoms with van der Waals surface area (Å²) in [6.45, 7) is 0. The second kappa shape index (κ2) is 3.46. The van der Waals surface area contributed by atoms with Gasteiger partial charge in [0.1, 0.15) is 5.82 Å². The number of nitrogens with zero attached hydrogens (tertiary/aromatic N) is 1. The van der Waals surface area contributed by atoms with Crippen LogP contribution < -0.4 is 11.1 Å². The number of rotatable bonds is 2. The average molecular weight is 243 g/mol. The molecule has 4 unspecified atom stereocenters. The molecule has 0 saturated heterocycles. The molecule has 3 aliphatic carbocycles. The van der Waals surface area contributed by atoms with Crippen molar-refractivity contribution in [2.45, 2.75) is 19.3 Å². The minimum absolute atomic E-state index is 0.166. The number of nitrogens with one attached hydrogen (secondary N) is 1. The highest BCUT2D eigenvalue weighted by Crippen LogP contribution is 2.69. The van der Waals surface area contributed by atoms with Crippen molar-refractivity contribution in [3.63, 3.8) is 0 Å². The normalized spacial score (nSPS) is 39.4. The van der Waals surface area contributed by atoms with Crippen LogP contribution in [0.15, 0.2) is 18.3 Å². The van der Waals surface area contributed by atoms with Crippen molar-refractivity contribution in [2.24, 2.45) is 29.6 Å². The van der Waals surface area contributed by atoms with Crippen LogP contribution in [0, 0.1) is 29.6 Å². The first-order chi connectivity index (χ1) is 8.74. The molecule has 3 aliphatic rings. The van der Waals surface area contributed by atoms with E-state index in [2.05, 4.69) is 10.3 Å². The highest BCUT2D eigenvalue weighted by Gasteiger charge is 2.67. The number of amides is 1. The Morgan fingerprint density at radius 1 is 1.28 bits per heavy atom. The predicted molar refractivity (Wildman–Crippen MR) is 68.6 cm³/mol. The minimum Gasteiger partial charge on any atom is -0.397 e. The van der Waals surface area contributed by atoms with E-state index < -0.39 is 0 Å². The molecular weight excluding hydrogens is 226 g/mol. The first kappa shape index (κ1) is 10.4. The van der Waals surface area contributed by atoms with Crippen molar-refractivity contribution in [3.8, 4) is 0 Å². The van der Waals surface area contributed by atoms with Crippen LogP contribution in [-0.4, -0.2) is 10.9 Å². The van der Waals surface area contributed by atoms with E-state index in [-0.39, 0.29) is 11.8 Å². The molecule has 0 radical (unpaired) electrons. The van der Waals surface area contributed by atoms with Crippen molar-refractivity contribution < 1.29 is 4.79 Å². The Morgan fingerprint density at radius 3 is 2.61 bits per heavy atom. The van der Waals surface area contributed by atoms with Crippen LogP contribution >= 0.6 is 0 Å². The molecule has 2 bridgehead atoms. The number of nitrogens with two attached hydrogens (primary N) is 1. The van der Waals surface area contributed by atoms with Crippen molar-refractivity contribution in [1.29, 1.82) is 0 Å². The Morgan fingerprint density at radius 2 is 2.00 bits per heavy atom. The first-order valence-corrected chi connectivity index (χ1v) is 6.76. The Kier molecular flexibility index (Phi) is 1.99. The van der Waals surface area contributed by atoms with Crippen LogP contribution in [0.3, 0.4) is 0 Å². The standard InChI is InChI=1S/C14H17N3O/c15-9-3-4-10(16-6-9)17-14(18)13-11-7-1-2-8(5-7)12(11)13/h3-4,6-8,11-13H,1-2,5,15H2,(H,16,17,18). The molecule has 1 aromatic heterocycles. The van der Waals surface area contributed by atoms with Crippen LogP contribution in [0.4, 0.5) is 11.5 Å². The second-order valence-electron chi connectivity index (χ2n) is 5.98. The SMILES string of the molecule is Nc1ccc(NC(=O)C2C3C4CCC(C4)C23)nc1. The van der Waals surface area contributed by atoms with Crippen molar-refractivity contribution in [3.05, 3.63) is 18.3 Å². The summed E-state index contributed by atoms with van der Waals surface area (Å²) in [5, 5.41) is 2.92. The number of hydrogen-bond acceptors (Lipinski definition) is 3. The average Bonchev–Trinajstić information content (AvgIpc) is 2.82. The molecule has 3 fully saturated rings. The molecule has 1 amide bonds. The molecule has 0 aliphatic heterocycles. The largest absolute Gasteiger partial charge is 0.397 e.